The van der Waals surface area contributed by atoms with Gasteiger partial charge in [0.1, 0.15) is 0 Å². The molecule has 1 rings (SSSR count). The van der Waals surface area contributed by atoms with Gasteiger partial charge in [0.25, 0.3) is 0 Å². The van der Waals surface area contributed by atoms with Gasteiger partial charge in [-0.25, -0.2) is 0 Å². The largest absolute Gasteiger partial charge is 0.392 e. The molecule has 0 aliphatic heterocycles. The fourth-order valence-electron chi connectivity index (χ4n) is 1.25. The maximum absolute atomic E-state index is 8.99. The van der Waals surface area contributed by atoms with Crippen molar-refractivity contribution in [3.05, 3.63) is 24.0 Å². The first-order valence-electron chi connectivity index (χ1n) is 4.68. The van der Waals surface area contributed by atoms with Crippen LogP contribution in [0.2, 0.25) is 0 Å². The third-order valence-corrected chi connectivity index (χ3v) is 1.92. The lowest BCUT2D eigenvalue weighted by molar-refractivity contribution is 0.191. The monoisotopic (exact) mass is 182 g/mol. The predicted molar refractivity (Wildman–Crippen MR) is 53.7 cm³/mol. The van der Waals surface area contributed by atoms with Gasteiger partial charge in [0.2, 0.25) is 0 Å². The normalized spacial score (nSPS) is 13.2. The van der Waals surface area contributed by atoms with E-state index in [0.717, 1.165) is 13.0 Å². The summed E-state index contributed by atoms with van der Waals surface area (Å²) in [5, 5.41) is 12.2. The maximum Gasteiger partial charge on any atom is 0.0636 e. The van der Waals surface area contributed by atoms with E-state index in [2.05, 4.69) is 17.6 Å². The van der Waals surface area contributed by atoms with Crippen molar-refractivity contribution in [2.45, 2.75) is 19.4 Å². The van der Waals surface area contributed by atoms with Crippen LogP contribution in [0.3, 0.4) is 0 Å². The molecule has 0 amide bonds. The van der Waals surface area contributed by atoms with Gasteiger partial charge in [-0.3, -0.25) is 0 Å². The highest BCUT2D eigenvalue weighted by atomic mass is 16.3. The van der Waals surface area contributed by atoms with Crippen molar-refractivity contribution in [2.24, 2.45) is 7.05 Å². The molecular formula is C10H18N2O. The minimum absolute atomic E-state index is 0.254. The highest BCUT2D eigenvalue weighted by molar-refractivity contribution is 5.10. The van der Waals surface area contributed by atoms with Crippen molar-refractivity contribution < 1.29 is 5.11 Å². The van der Waals surface area contributed by atoms with Gasteiger partial charge in [0, 0.05) is 26.0 Å². The molecule has 0 bridgehead atoms. The van der Waals surface area contributed by atoms with E-state index >= 15 is 0 Å². The predicted octanol–water partition coefficient (Wildman–Crippen LogP) is 0.538. The molecular weight excluding hydrogens is 164 g/mol. The topological polar surface area (TPSA) is 37.2 Å². The zero-order valence-electron chi connectivity index (χ0n) is 8.33. The summed E-state index contributed by atoms with van der Waals surface area (Å²) < 4.78 is 2.05. The van der Waals surface area contributed by atoms with Crippen LogP contribution >= 0.6 is 0 Å². The Bertz CT molecular complexity index is 243. The lowest BCUT2D eigenvalue weighted by atomic mass is 10.2. The van der Waals surface area contributed by atoms with Gasteiger partial charge in [0.15, 0.2) is 0 Å². The summed E-state index contributed by atoms with van der Waals surface area (Å²) in [4.78, 5) is 0. The summed E-state index contributed by atoms with van der Waals surface area (Å²) in [6, 6.07) is 2.12. The number of rotatable bonds is 5. The van der Waals surface area contributed by atoms with Crippen LogP contribution in [0.25, 0.3) is 0 Å². The minimum Gasteiger partial charge on any atom is -0.392 e. The van der Waals surface area contributed by atoms with E-state index in [9.17, 15) is 0 Å². The van der Waals surface area contributed by atoms with Gasteiger partial charge < -0.3 is 15.0 Å². The van der Waals surface area contributed by atoms with Crippen molar-refractivity contribution in [1.82, 2.24) is 9.88 Å². The van der Waals surface area contributed by atoms with Crippen LogP contribution in [0.1, 0.15) is 12.5 Å². The van der Waals surface area contributed by atoms with Crippen LogP contribution in [0.4, 0.5) is 0 Å². The quantitative estimate of drug-likeness (QED) is 0.652. The Kier molecular flexibility index (Phi) is 3.99. The van der Waals surface area contributed by atoms with E-state index in [-0.39, 0.29) is 6.10 Å². The Morgan fingerprint density at radius 2 is 2.38 bits per heavy atom. The van der Waals surface area contributed by atoms with E-state index in [1.54, 1.807) is 6.92 Å². The van der Waals surface area contributed by atoms with E-state index in [4.69, 9.17) is 5.11 Å². The Labute approximate surface area is 79.4 Å². The molecule has 1 aromatic rings. The van der Waals surface area contributed by atoms with Gasteiger partial charge in [-0.05, 0) is 31.5 Å². The molecule has 1 atom stereocenters. The summed E-state index contributed by atoms with van der Waals surface area (Å²) >= 11 is 0. The molecule has 13 heavy (non-hydrogen) atoms. The van der Waals surface area contributed by atoms with Crippen LogP contribution in [0.5, 0.6) is 0 Å². The van der Waals surface area contributed by atoms with Gasteiger partial charge in [-0.1, -0.05) is 0 Å². The molecule has 0 saturated carbocycles. The summed E-state index contributed by atoms with van der Waals surface area (Å²) in [6.07, 6.45) is 4.93. The van der Waals surface area contributed by atoms with Crippen LogP contribution in [0.15, 0.2) is 18.5 Å². The van der Waals surface area contributed by atoms with E-state index < -0.39 is 0 Å². The summed E-state index contributed by atoms with van der Waals surface area (Å²) in [5.74, 6) is 0. The zero-order chi connectivity index (χ0) is 9.68. The second kappa shape index (κ2) is 5.04. The van der Waals surface area contributed by atoms with E-state index in [1.165, 1.54) is 5.56 Å². The number of aryl methyl sites for hydroxylation is 1. The van der Waals surface area contributed by atoms with Crippen LogP contribution < -0.4 is 5.32 Å². The van der Waals surface area contributed by atoms with Crippen LogP contribution in [0, 0.1) is 0 Å². The van der Waals surface area contributed by atoms with Crippen molar-refractivity contribution in [2.75, 3.05) is 13.1 Å². The average Bonchev–Trinajstić information content (AvgIpc) is 2.45. The molecule has 3 heteroatoms. The van der Waals surface area contributed by atoms with Gasteiger partial charge in [-0.15, -0.1) is 0 Å². The molecule has 0 aliphatic rings. The molecule has 3 nitrogen and oxygen atoms in total. The van der Waals surface area contributed by atoms with Gasteiger partial charge in [-0.2, -0.15) is 0 Å². The number of aromatic nitrogens is 1. The summed E-state index contributed by atoms with van der Waals surface area (Å²) in [5.41, 5.74) is 1.33. The second-order valence-corrected chi connectivity index (χ2v) is 3.49. The Balaban J connectivity index is 2.13. The number of aliphatic hydroxyl groups is 1. The van der Waals surface area contributed by atoms with E-state index in [1.807, 2.05) is 17.8 Å². The number of hydrogen-bond donors (Lipinski definition) is 2. The van der Waals surface area contributed by atoms with Crippen LogP contribution in [-0.4, -0.2) is 28.9 Å². The first-order chi connectivity index (χ1) is 6.18. The molecule has 0 fully saturated rings. The zero-order valence-corrected chi connectivity index (χ0v) is 8.33. The Morgan fingerprint density at radius 3 is 2.92 bits per heavy atom. The first-order valence-corrected chi connectivity index (χ1v) is 4.68. The Hall–Kier alpha value is -0.800. The Morgan fingerprint density at radius 1 is 1.62 bits per heavy atom. The van der Waals surface area contributed by atoms with Crippen molar-refractivity contribution in [1.29, 1.82) is 0 Å². The molecule has 1 unspecified atom stereocenters. The number of aliphatic hydroxyl groups excluding tert-OH is 1. The third kappa shape index (κ3) is 4.10. The standard InChI is InChI=1S/C10H18N2O/c1-9(13)7-11-5-3-10-4-6-12(2)8-10/h4,6,8-9,11,13H,3,5,7H2,1-2H3. The molecule has 0 radical (unpaired) electrons. The van der Waals surface area contributed by atoms with Crippen molar-refractivity contribution in [3.63, 3.8) is 0 Å². The highest BCUT2D eigenvalue weighted by Gasteiger charge is 1.96. The molecule has 0 aliphatic carbocycles. The molecule has 1 aromatic heterocycles. The number of hydrogen-bond acceptors (Lipinski definition) is 2. The molecule has 74 valence electrons. The average molecular weight is 182 g/mol. The van der Waals surface area contributed by atoms with Gasteiger partial charge in [0.05, 0.1) is 6.10 Å². The fraction of sp³-hybridized carbons (Fsp3) is 0.600. The number of nitrogens with zero attached hydrogens (tertiary/aromatic N) is 1. The van der Waals surface area contributed by atoms with Crippen molar-refractivity contribution in [3.8, 4) is 0 Å². The SMILES string of the molecule is CC(O)CNCCc1ccn(C)c1. The second-order valence-electron chi connectivity index (χ2n) is 3.49. The smallest absolute Gasteiger partial charge is 0.0636 e. The highest BCUT2D eigenvalue weighted by Crippen LogP contribution is 1.99. The summed E-state index contributed by atoms with van der Waals surface area (Å²) in [6.45, 7) is 3.39. The maximum atomic E-state index is 8.99. The lowest BCUT2D eigenvalue weighted by Gasteiger charge is -2.05. The lowest BCUT2D eigenvalue weighted by Crippen LogP contribution is -2.26. The van der Waals surface area contributed by atoms with Gasteiger partial charge >= 0.3 is 0 Å². The first kappa shape index (κ1) is 10.3. The molecule has 0 aromatic carbocycles. The fourth-order valence-corrected chi connectivity index (χ4v) is 1.25. The molecule has 0 spiro atoms. The van der Waals surface area contributed by atoms with Crippen LogP contribution in [-0.2, 0) is 13.5 Å². The third-order valence-electron chi connectivity index (χ3n) is 1.92. The molecule has 2 N–H and O–H groups in total. The minimum atomic E-state index is -0.254. The molecule has 0 saturated heterocycles. The number of nitrogens with one attached hydrogen (secondary N) is 1. The molecule has 1 heterocycles. The van der Waals surface area contributed by atoms with Crippen molar-refractivity contribution >= 4 is 0 Å². The van der Waals surface area contributed by atoms with E-state index in [0.29, 0.717) is 6.54 Å². The summed E-state index contributed by atoms with van der Waals surface area (Å²) in [7, 11) is 2.02.